The first kappa shape index (κ1) is 9.48. The number of halogens is 2. The Kier molecular flexibility index (Phi) is 2.43. The Morgan fingerprint density at radius 2 is 2.21 bits per heavy atom. The lowest BCUT2D eigenvalue weighted by Crippen LogP contribution is -2.00. The van der Waals surface area contributed by atoms with E-state index in [4.69, 9.17) is 17.3 Å². The van der Waals surface area contributed by atoms with Crippen molar-refractivity contribution in [3.63, 3.8) is 0 Å². The van der Waals surface area contributed by atoms with Crippen LogP contribution in [0.2, 0.25) is 5.02 Å². The average Bonchev–Trinajstić information content (AvgIpc) is 2.57. The van der Waals surface area contributed by atoms with Gasteiger partial charge in [-0.3, -0.25) is 0 Å². The molecule has 6 heteroatoms. The number of nitrogens with zero attached hydrogens (tertiary/aromatic N) is 3. The summed E-state index contributed by atoms with van der Waals surface area (Å²) in [6.45, 7) is 0. The highest BCUT2D eigenvalue weighted by Gasteiger charge is 2.07. The molecule has 2 rings (SSSR count). The Hall–Kier alpha value is -1.07. The van der Waals surface area contributed by atoms with E-state index in [-0.39, 0.29) is 0 Å². The lowest BCUT2D eigenvalue weighted by atomic mass is 10.3. The van der Waals surface area contributed by atoms with Gasteiger partial charge in [0, 0.05) is 0 Å². The van der Waals surface area contributed by atoms with E-state index in [1.807, 2.05) is 12.1 Å². The molecule has 1 aromatic carbocycles. The summed E-state index contributed by atoms with van der Waals surface area (Å²) in [4.78, 5) is 1.42. The third-order valence-electron chi connectivity index (χ3n) is 1.66. The van der Waals surface area contributed by atoms with E-state index in [1.54, 1.807) is 6.07 Å². The minimum Gasteiger partial charge on any atom is -0.381 e. The molecule has 0 unspecified atom stereocenters. The molecule has 1 aromatic heterocycles. The van der Waals surface area contributed by atoms with Crippen LogP contribution >= 0.6 is 27.5 Å². The van der Waals surface area contributed by atoms with Crippen molar-refractivity contribution in [3.8, 4) is 5.69 Å². The zero-order valence-electron chi connectivity index (χ0n) is 6.98. The van der Waals surface area contributed by atoms with Crippen molar-refractivity contribution >= 4 is 33.3 Å². The van der Waals surface area contributed by atoms with E-state index in [9.17, 15) is 0 Å². The second kappa shape index (κ2) is 3.59. The zero-order valence-corrected chi connectivity index (χ0v) is 9.33. The Labute approximate surface area is 93.8 Å². The van der Waals surface area contributed by atoms with E-state index in [0.29, 0.717) is 10.8 Å². The van der Waals surface area contributed by atoms with Crippen LogP contribution in [0.3, 0.4) is 0 Å². The number of nitrogens with two attached hydrogens (primary N) is 1. The summed E-state index contributed by atoms with van der Waals surface area (Å²) in [5.41, 5.74) is 6.22. The molecule has 0 bridgehead atoms. The van der Waals surface area contributed by atoms with Crippen molar-refractivity contribution < 1.29 is 0 Å². The number of benzene rings is 1. The Balaban J connectivity index is 2.57. The highest BCUT2D eigenvalue weighted by molar-refractivity contribution is 9.10. The van der Waals surface area contributed by atoms with Gasteiger partial charge in [0.1, 0.15) is 5.69 Å². The first-order valence-electron chi connectivity index (χ1n) is 3.80. The summed E-state index contributed by atoms with van der Waals surface area (Å²) in [5.74, 6) is 0.372. The summed E-state index contributed by atoms with van der Waals surface area (Å²) in [7, 11) is 0. The predicted molar refractivity (Wildman–Crippen MR) is 58.5 cm³/mol. The molecule has 2 N–H and O–H groups in total. The topological polar surface area (TPSA) is 56.7 Å². The fraction of sp³-hybridized carbons (Fsp3) is 0. The number of nitrogen functional groups attached to an aromatic ring is 1. The molecule has 4 nitrogen and oxygen atoms in total. The van der Waals surface area contributed by atoms with Gasteiger partial charge in [0.15, 0.2) is 5.82 Å². The fourth-order valence-electron chi connectivity index (χ4n) is 1.04. The largest absolute Gasteiger partial charge is 0.381 e. The van der Waals surface area contributed by atoms with Crippen LogP contribution in [0.15, 0.2) is 28.9 Å². The van der Waals surface area contributed by atoms with Crippen LogP contribution in [0.4, 0.5) is 5.82 Å². The molecule has 72 valence electrons. The van der Waals surface area contributed by atoms with Gasteiger partial charge in [0.2, 0.25) is 0 Å². The molecule has 0 aliphatic rings. The molecule has 14 heavy (non-hydrogen) atoms. The molecule has 0 aliphatic heterocycles. The predicted octanol–water partition coefficient (Wildman–Crippen LogP) is 2.27. The lowest BCUT2D eigenvalue weighted by Gasteiger charge is -2.03. The summed E-state index contributed by atoms with van der Waals surface area (Å²) in [5, 5.41) is 8.57. The van der Waals surface area contributed by atoms with Gasteiger partial charge < -0.3 is 5.73 Å². The van der Waals surface area contributed by atoms with Crippen molar-refractivity contribution in [2.45, 2.75) is 0 Å². The molecule has 0 radical (unpaired) electrons. The number of hydrogen-bond donors (Lipinski definition) is 1. The Morgan fingerprint density at radius 1 is 1.43 bits per heavy atom. The van der Waals surface area contributed by atoms with Gasteiger partial charge in [-0.1, -0.05) is 17.7 Å². The summed E-state index contributed by atoms with van der Waals surface area (Å²) in [6.07, 6.45) is 1.48. The van der Waals surface area contributed by atoms with Gasteiger partial charge in [-0.25, -0.2) is 0 Å². The number of hydrogen-bond acceptors (Lipinski definition) is 3. The lowest BCUT2D eigenvalue weighted by molar-refractivity contribution is 0.751. The van der Waals surface area contributed by atoms with E-state index in [2.05, 4.69) is 26.1 Å². The monoisotopic (exact) mass is 272 g/mol. The number of anilines is 1. The minimum absolute atomic E-state index is 0.372. The molecule has 0 aliphatic carbocycles. The maximum atomic E-state index is 5.92. The molecule has 0 saturated carbocycles. The normalized spacial score (nSPS) is 10.4. The van der Waals surface area contributed by atoms with E-state index < -0.39 is 0 Å². The van der Waals surface area contributed by atoms with E-state index >= 15 is 0 Å². The molecule has 0 spiro atoms. The van der Waals surface area contributed by atoms with Gasteiger partial charge in [0.05, 0.1) is 15.7 Å². The van der Waals surface area contributed by atoms with Gasteiger partial charge in [0.25, 0.3) is 0 Å². The molecule has 2 aromatic rings. The molecule has 0 fully saturated rings. The smallest absolute Gasteiger partial charge is 0.166 e. The molecule has 0 atom stereocenters. The maximum absolute atomic E-state index is 5.92. The highest BCUT2D eigenvalue weighted by Crippen LogP contribution is 2.27. The zero-order chi connectivity index (χ0) is 10.1. The van der Waals surface area contributed by atoms with Gasteiger partial charge in [-0.15, -0.1) is 9.90 Å². The molecular formula is C8H6BrClN4. The van der Waals surface area contributed by atoms with Crippen LogP contribution in [0.25, 0.3) is 5.69 Å². The summed E-state index contributed by atoms with van der Waals surface area (Å²) in [6, 6.07) is 5.44. The van der Waals surface area contributed by atoms with E-state index in [0.717, 1.165) is 10.2 Å². The van der Waals surface area contributed by atoms with Crippen LogP contribution in [0.5, 0.6) is 0 Å². The standard InChI is InChI=1S/C8H6BrClN4/c9-8-5(10)2-1-3-6(8)14-12-4-7(11)13-14/h1-4H,(H2,11,13). The maximum Gasteiger partial charge on any atom is 0.166 e. The molecule has 1 heterocycles. The van der Waals surface area contributed by atoms with E-state index in [1.165, 1.54) is 11.0 Å². The quantitative estimate of drug-likeness (QED) is 0.867. The van der Waals surface area contributed by atoms with Crippen LogP contribution in [0, 0.1) is 0 Å². The second-order valence-electron chi connectivity index (χ2n) is 2.63. The minimum atomic E-state index is 0.372. The number of aromatic nitrogens is 3. The van der Waals surface area contributed by atoms with Gasteiger partial charge in [-0.2, -0.15) is 5.10 Å². The third-order valence-corrected chi connectivity index (χ3v) is 3.03. The van der Waals surface area contributed by atoms with Crippen LogP contribution in [-0.4, -0.2) is 15.0 Å². The molecule has 0 saturated heterocycles. The fourth-order valence-corrected chi connectivity index (χ4v) is 1.63. The average molecular weight is 274 g/mol. The van der Waals surface area contributed by atoms with Crippen LogP contribution < -0.4 is 5.73 Å². The van der Waals surface area contributed by atoms with Crippen molar-refractivity contribution in [3.05, 3.63) is 33.9 Å². The first-order valence-corrected chi connectivity index (χ1v) is 4.98. The Morgan fingerprint density at radius 3 is 2.86 bits per heavy atom. The Bertz CT molecular complexity index is 468. The summed E-state index contributed by atoms with van der Waals surface area (Å²) < 4.78 is 0.747. The third kappa shape index (κ3) is 1.60. The van der Waals surface area contributed by atoms with Gasteiger partial charge >= 0.3 is 0 Å². The summed E-state index contributed by atoms with van der Waals surface area (Å²) >= 11 is 9.28. The second-order valence-corrected chi connectivity index (χ2v) is 3.83. The van der Waals surface area contributed by atoms with Gasteiger partial charge in [-0.05, 0) is 28.1 Å². The van der Waals surface area contributed by atoms with Crippen molar-refractivity contribution in [2.24, 2.45) is 0 Å². The van der Waals surface area contributed by atoms with Crippen LogP contribution in [0.1, 0.15) is 0 Å². The van der Waals surface area contributed by atoms with Crippen molar-refractivity contribution in [2.75, 3.05) is 5.73 Å². The first-order chi connectivity index (χ1) is 6.68. The molecule has 0 amide bonds. The molecular weight excluding hydrogens is 267 g/mol. The van der Waals surface area contributed by atoms with Crippen molar-refractivity contribution in [1.82, 2.24) is 15.0 Å². The van der Waals surface area contributed by atoms with Crippen molar-refractivity contribution in [1.29, 1.82) is 0 Å². The van der Waals surface area contributed by atoms with Crippen LogP contribution in [-0.2, 0) is 0 Å². The number of rotatable bonds is 1. The SMILES string of the molecule is Nc1cnn(-c2cccc(Cl)c2Br)n1. The highest BCUT2D eigenvalue weighted by atomic mass is 79.9.